The summed E-state index contributed by atoms with van der Waals surface area (Å²) in [4.78, 5) is 20.3. The highest BCUT2D eigenvalue weighted by atomic mass is 16.5. The number of benzene rings is 2. The molecule has 2 aromatic carbocycles. The minimum atomic E-state index is -0.104. The zero-order chi connectivity index (χ0) is 19.5. The lowest BCUT2D eigenvalue weighted by molar-refractivity contribution is -0.116. The largest absolute Gasteiger partial charge is 0.497 e. The number of carbonyl (C=O) groups excluding carboxylic acids is 1. The summed E-state index contributed by atoms with van der Waals surface area (Å²) < 4.78 is 10.5. The molecular formula is C22H21N3O3. The smallest absolute Gasteiger partial charge is 0.224 e. The van der Waals surface area contributed by atoms with E-state index >= 15 is 0 Å². The molecule has 0 spiro atoms. The second-order valence-electron chi connectivity index (χ2n) is 6.51. The number of hydrogen-bond donors (Lipinski definition) is 2. The Kier molecular flexibility index (Phi) is 4.85. The topological polar surface area (TPSA) is 76.2 Å². The van der Waals surface area contributed by atoms with E-state index in [9.17, 15) is 4.79 Å². The fourth-order valence-electron chi connectivity index (χ4n) is 3.30. The van der Waals surface area contributed by atoms with Gasteiger partial charge in [0.05, 0.1) is 31.6 Å². The zero-order valence-electron chi connectivity index (χ0n) is 15.8. The number of para-hydroxylation sites is 1. The number of rotatable bonds is 6. The molecule has 0 aliphatic heterocycles. The van der Waals surface area contributed by atoms with Crippen molar-refractivity contribution in [1.82, 2.24) is 9.97 Å². The number of nitrogens with one attached hydrogen (secondary N) is 2. The third-order valence-corrected chi connectivity index (χ3v) is 4.74. The molecule has 4 aromatic rings. The van der Waals surface area contributed by atoms with Gasteiger partial charge in [-0.15, -0.1) is 0 Å². The number of aryl methyl sites for hydroxylation is 1. The Morgan fingerprint density at radius 2 is 1.89 bits per heavy atom. The summed E-state index contributed by atoms with van der Waals surface area (Å²) in [5, 5.41) is 5.17. The van der Waals surface area contributed by atoms with Gasteiger partial charge >= 0.3 is 0 Å². The van der Waals surface area contributed by atoms with Crippen LogP contribution in [0.3, 0.4) is 0 Å². The van der Waals surface area contributed by atoms with E-state index < -0.39 is 0 Å². The van der Waals surface area contributed by atoms with Gasteiger partial charge in [-0.1, -0.05) is 18.2 Å². The predicted octanol–water partition coefficient (Wildman–Crippen LogP) is 4.30. The minimum absolute atomic E-state index is 0.104. The summed E-state index contributed by atoms with van der Waals surface area (Å²) in [7, 11) is 3.15. The van der Waals surface area contributed by atoms with Crippen molar-refractivity contribution in [2.45, 2.75) is 12.8 Å². The quantitative estimate of drug-likeness (QED) is 0.527. The number of pyridine rings is 1. The summed E-state index contributed by atoms with van der Waals surface area (Å²) in [5.74, 6) is 1.14. The third-order valence-electron chi connectivity index (χ3n) is 4.74. The van der Waals surface area contributed by atoms with Crippen LogP contribution in [0.25, 0.3) is 21.8 Å². The number of hydrogen-bond acceptors (Lipinski definition) is 4. The number of nitrogens with zero attached hydrogens (tertiary/aromatic N) is 1. The maximum atomic E-state index is 12.4. The lowest BCUT2D eigenvalue weighted by Gasteiger charge is -2.11. The Hall–Kier alpha value is -3.54. The van der Waals surface area contributed by atoms with Crippen LogP contribution >= 0.6 is 0 Å². The Morgan fingerprint density at radius 1 is 1.04 bits per heavy atom. The van der Waals surface area contributed by atoms with Crippen LogP contribution in [0.1, 0.15) is 12.1 Å². The normalized spacial score (nSPS) is 10.9. The SMILES string of the molecule is COc1ccc(OC)c(NC(=O)CCc2cc3c(cn2)[nH]c2ccccc23)c1. The molecule has 6 heteroatoms. The van der Waals surface area contributed by atoms with Crippen molar-refractivity contribution in [3.8, 4) is 11.5 Å². The van der Waals surface area contributed by atoms with Crippen molar-refractivity contribution in [2.24, 2.45) is 0 Å². The molecule has 142 valence electrons. The number of fused-ring (bicyclic) bond motifs is 3. The molecule has 0 unspecified atom stereocenters. The van der Waals surface area contributed by atoms with Gasteiger partial charge < -0.3 is 19.8 Å². The molecule has 2 N–H and O–H groups in total. The highest BCUT2D eigenvalue weighted by molar-refractivity contribution is 6.07. The Balaban J connectivity index is 1.48. The van der Waals surface area contributed by atoms with Gasteiger partial charge in [0.25, 0.3) is 0 Å². The van der Waals surface area contributed by atoms with Gasteiger partial charge in [0.2, 0.25) is 5.91 Å². The first-order valence-corrected chi connectivity index (χ1v) is 9.05. The van der Waals surface area contributed by atoms with E-state index in [1.54, 1.807) is 32.4 Å². The first-order valence-electron chi connectivity index (χ1n) is 9.05. The lowest BCUT2D eigenvalue weighted by atomic mass is 10.1. The van der Waals surface area contributed by atoms with E-state index in [1.165, 1.54) is 0 Å². The molecule has 0 fully saturated rings. The van der Waals surface area contributed by atoms with Gasteiger partial charge in [0.1, 0.15) is 11.5 Å². The highest BCUT2D eigenvalue weighted by Gasteiger charge is 2.11. The van der Waals surface area contributed by atoms with E-state index in [-0.39, 0.29) is 5.91 Å². The molecule has 28 heavy (non-hydrogen) atoms. The van der Waals surface area contributed by atoms with Gasteiger partial charge in [-0.05, 0) is 30.7 Å². The second kappa shape index (κ2) is 7.60. The van der Waals surface area contributed by atoms with Crippen LogP contribution in [0.5, 0.6) is 11.5 Å². The molecular weight excluding hydrogens is 354 g/mol. The van der Waals surface area contributed by atoms with Crippen molar-refractivity contribution in [2.75, 3.05) is 19.5 Å². The number of ether oxygens (including phenoxy) is 2. The second-order valence-corrected chi connectivity index (χ2v) is 6.51. The van der Waals surface area contributed by atoms with E-state index in [0.717, 1.165) is 27.5 Å². The molecule has 1 amide bonds. The van der Waals surface area contributed by atoms with Crippen LogP contribution in [0.4, 0.5) is 5.69 Å². The minimum Gasteiger partial charge on any atom is -0.497 e. The summed E-state index contributed by atoms with van der Waals surface area (Å²) in [6.07, 6.45) is 2.70. The summed E-state index contributed by atoms with van der Waals surface area (Å²) in [6.45, 7) is 0. The van der Waals surface area contributed by atoms with Crippen molar-refractivity contribution in [1.29, 1.82) is 0 Å². The predicted molar refractivity (Wildman–Crippen MR) is 110 cm³/mol. The van der Waals surface area contributed by atoms with Gasteiger partial charge in [-0.3, -0.25) is 9.78 Å². The van der Waals surface area contributed by atoms with Crippen LogP contribution in [0, 0.1) is 0 Å². The van der Waals surface area contributed by atoms with E-state index in [2.05, 4.69) is 21.4 Å². The van der Waals surface area contributed by atoms with Crippen LogP contribution in [-0.2, 0) is 11.2 Å². The molecule has 2 aromatic heterocycles. The molecule has 6 nitrogen and oxygen atoms in total. The first-order chi connectivity index (χ1) is 13.7. The van der Waals surface area contributed by atoms with Crippen LogP contribution in [0.15, 0.2) is 54.7 Å². The molecule has 4 rings (SSSR count). The van der Waals surface area contributed by atoms with Crippen molar-refractivity contribution >= 4 is 33.4 Å². The average molecular weight is 375 g/mol. The van der Waals surface area contributed by atoms with Crippen molar-refractivity contribution in [3.05, 3.63) is 60.4 Å². The number of carbonyl (C=O) groups is 1. The number of anilines is 1. The fraction of sp³-hybridized carbons (Fsp3) is 0.182. The van der Waals surface area contributed by atoms with Crippen molar-refractivity contribution in [3.63, 3.8) is 0 Å². The highest BCUT2D eigenvalue weighted by Crippen LogP contribution is 2.29. The summed E-state index contributed by atoms with van der Waals surface area (Å²) >= 11 is 0. The first kappa shape index (κ1) is 17.9. The third kappa shape index (κ3) is 3.49. The van der Waals surface area contributed by atoms with Crippen LogP contribution in [-0.4, -0.2) is 30.1 Å². The van der Waals surface area contributed by atoms with E-state index in [4.69, 9.17) is 9.47 Å². The summed E-state index contributed by atoms with van der Waals surface area (Å²) in [6, 6.07) is 15.5. The number of aromatic nitrogens is 2. The summed E-state index contributed by atoms with van der Waals surface area (Å²) in [5.41, 5.74) is 3.55. The fourth-order valence-corrected chi connectivity index (χ4v) is 3.30. The number of aromatic amines is 1. The van der Waals surface area contributed by atoms with Gasteiger partial charge in [-0.2, -0.15) is 0 Å². The molecule has 2 heterocycles. The van der Waals surface area contributed by atoms with E-state index in [1.807, 2.05) is 30.5 Å². The Bertz CT molecular complexity index is 1150. The molecule has 0 aliphatic rings. The number of methoxy groups -OCH3 is 2. The monoisotopic (exact) mass is 375 g/mol. The molecule has 0 saturated heterocycles. The van der Waals surface area contributed by atoms with Gasteiger partial charge in [0, 0.05) is 34.5 Å². The molecule has 0 atom stereocenters. The van der Waals surface area contributed by atoms with Crippen LogP contribution in [0.2, 0.25) is 0 Å². The number of H-pyrrole nitrogens is 1. The lowest BCUT2D eigenvalue weighted by Crippen LogP contribution is -2.13. The zero-order valence-corrected chi connectivity index (χ0v) is 15.8. The Morgan fingerprint density at radius 3 is 2.71 bits per heavy atom. The maximum absolute atomic E-state index is 12.4. The van der Waals surface area contributed by atoms with Gasteiger partial charge in [-0.25, -0.2) is 0 Å². The maximum Gasteiger partial charge on any atom is 0.224 e. The Labute approximate surface area is 162 Å². The molecule has 0 saturated carbocycles. The van der Waals surface area contributed by atoms with Gasteiger partial charge in [0.15, 0.2) is 0 Å². The molecule has 0 bridgehead atoms. The number of amides is 1. The molecule has 0 aliphatic carbocycles. The average Bonchev–Trinajstić information content (AvgIpc) is 3.10. The standard InChI is InChI=1S/C22H21N3O3/c1-27-15-8-9-21(28-2)19(12-15)25-22(26)10-7-14-11-17-16-5-3-4-6-18(16)24-20(17)13-23-14/h3-6,8-9,11-13,24H,7,10H2,1-2H3,(H,25,26). The molecule has 0 radical (unpaired) electrons. The van der Waals surface area contributed by atoms with Crippen LogP contribution < -0.4 is 14.8 Å². The van der Waals surface area contributed by atoms with Crippen molar-refractivity contribution < 1.29 is 14.3 Å². The van der Waals surface area contributed by atoms with E-state index in [0.29, 0.717) is 30.0 Å².